The van der Waals surface area contributed by atoms with Crippen LogP contribution < -0.4 is 5.32 Å². The number of hydrogen-bond acceptors (Lipinski definition) is 2. The maximum absolute atomic E-state index is 13.8. The van der Waals surface area contributed by atoms with Gasteiger partial charge in [0.15, 0.2) is 0 Å². The number of nitrogens with one attached hydrogen (secondary N) is 1. The van der Waals surface area contributed by atoms with E-state index < -0.39 is 17.7 Å². The minimum atomic E-state index is -0.694. The van der Waals surface area contributed by atoms with Gasteiger partial charge in [-0.05, 0) is 19.1 Å². The van der Waals surface area contributed by atoms with Crippen LogP contribution in [0.3, 0.4) is 0 Å². The molecule has 0 aliphatic rings. The Morgan fingerprint density at radius 1 is 1.22 bits per heavy atom. The summed E-state index contributed by atoms with van der Waals surface area (Å²) in [6.45, 7) is 1.63. The van der Waals surface area contributed by atoms with Crippen molar-refractivity contribution in [2.24, 2.45) is 0 Å². The molecule has 0 saturated heterocycles. The number of halogens is 3. The molecule has 1 aromatic heterocycles. The average molecular weight is 352 g/mol. The maximum Gasteiger partial charge on any atom is 0.263 e. The molecule has 1 unspecified atom stereocenters. The Hall–Kier alpha value is -1.98. The van der Waals surface area contributed by atoms with Crippen molar-refractivity contribution in [2.75, 3.05) is 0 Å². The third kappa shape index (κ3) is 3.07. The molecule has 118 valence electrons. The highest BCUT2D eigenvalue weighted by Crippen LogP contribution is 2.35. The molecule has 0 bridgehead atoms. The zero-order valence-corrected chi connectivity index (χ0v) is 13.6. The molecular formula is C17H12ClF2NOS. The Morgan fingerprint density at radius 2 is 1.96 bits per heavy atom. The molecule has 1 heterocycles. The van der Waals surface area contributed by atoms with Crippen molar-refractivity contribution in [2.45, 2.75) is 13.0 Å². The molecule has 3 aromatic rings. The first-order chi connectivity index (χ1) is 11.0. The molecule has 2 nitrogen and oxygen atoms in total. The SMILES string of the molecule is CC(NC(=O)c1sc2ccccc2c1Cl)c1ccc(F)cc1F. The highest BCUT2D eigenvalue weighted by molar-refractivity contribution is 7.21. The predicted molar refractivity (Wildman–Crippen MR) is 89.1 cm³/mol. The summed E-state index contributed by atoms with van der Waals surface area (Å²) >= 11 is 7.54. The van der Waals surface area contributed by atoms with Gasteiger partial charge in [-0.2, -0.15) is 0 Å². The van der Waals surface area contributed by atoms with E-state index in [4.69, 9.17) is 11.6 Å². The van der Waals surface area contributed by atoms with Crippen molar-refractivity contribution in [3.8, 4) is 0 Å². The van der Waals surface area contributed by atoms with Crippen molar-refractivity contribution in [3.63, 3.8) is 0 Å². The molecular weight excluding hydrogens is 340 g/mol. The lowest BCUT2D eigenvalue weighted by Gasteiger charge is -2.14. The van der Waals surface area contributed by atoms with Gasteiger partial charge in [0.2, 0.25) is 0 Å². The summed E-state index contributed by atoms with van der Waals surface area (Å²) in [7, 11) is 0. The number of carbonyl (C=O) groups is 1. The van der Waals surface area contributed by atoms with E-state index in [0.29, 0.717) is 9.90 Å². The van der Waals surface area contributed by atoms with Crippen molar-refractivity contribution >= 4 is 38.9 Å². The number of thiophene rings is 1. The second kappa shape index (κ2) is 6.26. The topological polar surface area (TPSA) is 29.1 Å². The van der Waals surface area contributed by atoms with E-state index in [9.17, 15) is 13.6 Å². The predicted octanol–water partition coefficient (Wildman–Crippen LogP) is 5.32. The Balaban J connectivity index is 1.86. The summed E-state index contributed by atoms with van der Waals surface area (Å²) in [6.07, 6.45) is 0. The van der Waals surface area contributed by atoms with Crippen molar-refractivity contribution in [1.29, 1.82) is 0 Å². The van der Waals surface area contributed by atoms with Gasteiger partial charge < -0.3 is 5.32 Å². The van der Waals surface area contributed by atoms with Gasteiger partial charge in [-0.25, -0.2) is 8.78 Å². The molecule has 0 aliphatic carbocycles. The van der Waals surface area contributed by atoms with E-state index in [1.807, 2.05) is 24.3 Å². The number of amides is 1. The van der Waals surface area contributed by atoms with Crippen molar-refractivity contribution in [1.82, 2.24) is 5.32 Å². The van der Waals surface area contributed by atoms with Gasteiger partial charge in [-0.3, -0.25) is 4.79 Å². The Kier molecular flexibility index (Phi) is 4.33. The van der Waals surface area contributed by atoms with Crippen LogP contribution >= 0.6 is 22.9 Å². The van der Waals surface area contributed by atoms with E-state index >= 15 is 0 Å². The Morgan fingerprint density at radius 3 is 2.65 bits per heavy atom. The minimum absolute atomic E-state index is 0.219. The van der Waals surface area contributed by atoms with Gasteiger partial charge in [-0.15, -0.1) is 11.3 Å². The highest BCUT2D eigenvalue weighted by atomic mass is 35.5. The van der Waals surface area contributed by atoms with Crippen LogP contribution in [0.1, 0.15) is 28.2 Å². The first-order valence-corrected chi connectivity index (χ1v) is 8.09. The Labute approximate surface area is 140 Å². The Bertz CT molecular complexity index is 893. The number of rotatable bonds is 3. The quantitative estimate of drug-likeness (QED) is 0.679. The van der Waals surface area contributed by atoms with Crippen LogP contribution in [0.5, 0.6) is 0 Å². The smallest absolute Gasteiger partial charge is 0.263 e. The van der Waals surface area contributed by atoms with Gasteiger partial charge >= 0.3 is 0 Å². The van der Waals surface area contributed by atoms with E-state index in [1.165, 1.54) is 17.4 Å². The van der Waals surface area contributed by atoms with Crippen LogP contribution in [-0.4, -0.2) is 5.91 Å². The molecule has 0 fully saturated rings. The van der Waals surface area contributed by atoms with Crippen LogP contribution in [0, 0.1) is 11.6 Å². The molecule has 2 aromatic carbocycles. The monoisotopic (exact) mass is 351 g/mol. The number of benzene rings is 2. The van der Waals surface area contributed by atoms with E-state index in [2.05, 4.69) is 5.32 Å². The number of hydrogen-bond donors (Lipinski definition) is 1. The molecule has 6 heteroatoms. The molecule has 0 aliphatic heterocycles. The normalized spacial score (nSPS) is 12.3. The lowest BCUT2D eigenvalue weighted by Crippen LogP contribution is -2.26. The van der Waals surface area contributed by atoms with Crippen LogP contribution in [0.4, 0.5) is 8.78 Å². The van der Waals surface area contributed by atoms with Crippen LogP contribution in [0.15, 0.2) is 42.5 Å². The zero-order chi connectivity index (χ0) is 16.6. The second-order valence-electron chi connectivity index (χ2n) is 5.10. The van der Waals surface area contributed by atoms with Gasteiger partial charge in [-0.1, -0.05) is 35.9 Å². The van der Waals surface area contributed by atoms with E-state index in [1.54, 1.807) is 6.92 Å². The summed E-state index contributed by atoms with van der Waals surface area (Å²) in [6, 6.07) is 10.1. The van der Waals surface area contributed by atoms with E-state index in [-0.39, 0.29) is 11.5 Å². The molecule has 0 radical (unpaired) electrons. The van der Waals surface area contributed by atoms with Gasteiger partial charge in [0, 0.05) is 21.7 Å². The third-order valence-electron chi connectivity index (χ3n) is 3.52. The average Bonchev–Trinajstić information content (AvgIpc) is 2.85. The minimum Gasteiger partial charge on any atom is -0.345 e. The summed E-state index contributed by atoms with van der Waals surface area (Å²) in [5.74, 6) is -1.73. The number of fused-ring (bicyclic) bond motifs is 1. The standard InChI is InChI=1S/C17H12ClF2NOS/c1-9(11-7-6-10(19)8-13(11)20)21-17(22)16-15(18)12-4-2-3-5-14(12)23-16/h2-9H,1H3,(H,21,22). The largest absolute Gasteiger partial charge is 0.345 e. The molecule has 3 rings (SSSR count). The number of carbonyl (C=O) groups excluding carboxylic acids is 1. The summed E-state index contributed by atoms with van der Waals surface area (Å²) in [4.78, 5) is 12.8. The van der Waals surface area contributed by atoms with Gasteiger partial charge in [0.1, 0.15) is 16.5 Å². The molecule has 23 heavy (non-hydrogen) atoms. The summed E-state index contributed by atoms with van der Waals surface area (Å²) < 4.78 is 27.7. The third-order valence-corrected chi connectivity index (χ3v) is 5.19. The lowest BCUT2D eigenvalue weighted by molar-refractivity contribution is 0.0943. The maximum atomic E-state index is 13.8. The molecule has 1 N–H and O–H groups in total. The van der Waals surface area contributed by atoms with Crippen molar-refractivity contribution < 1.29 is 13.6 Å². The first-order valence-electron chi connectivity index (χ1n) is 6.90. The molecule has 0 spiro atoms. The fourth-order valence-corrected chi connectivity index (χ4v) is 3.77. The molecule has 1 atom stereocenters. The molecule has 0 saturated carbocycles. The summed E-state index contributed by atoms with van der Waals surface area (Å²) in [5, 5.41) is 3.89. The first kappa shape index (κ1) is 15.9. The lowest BCUT2D eigenvalue weighted by atomic mass is 10.1. The van der Waals surface area contributed by atoms with Crippen LogP contribution in [0.2, 0.25) is 5.02 Å². The van der Waals surface area contributed by atoms with Crippen molar-refractivity contribution in [3.05, 3.63) is 69.6 Å². The fraction of sp³-hybridized carbons (Fsp3) is 0.118. The van der Waals surface area contributed by atoms with Gasteiger partial charge in [0.25, 0.3) is 5.91 Å². The van der Waals surface area contributed by atoms with Gasteiger partial charge in [0.05, 0.1) is 11.1 Å². The molecule has 1 amide bonds. The highest BCUT2D eigenvalue weighted by Gasteiger charge is 2.20. The zero-order valence-electron chi connectivity index (χ0n) is 12.1. The van der Waals surface area contributed by atoms with Crippen LogP contribution in [0.25, 0.3) is 10.1 Å². The fourth-order valence-electron chi connectivity index (χ4n) is 2.35. The van der Waals surface area contributed by atoms with E-state index in [0.717, 1.165) is 22.2 Å². The van der Waals surface area contributed by atoms with Crippen LogP contribution in [-0.2, 0) is 0 Å². The second-order valence-corrected chi connectivity index (χ2v) is 6.53. The summed E-state index contributed by atoms with van der Waals surface area (Å²) in [5.41, 5.74) is 0.219.